The molecule has 0 amide bonds. The van der Waals surface area contributed by atoms with Gasteiger partial charge in [-0.05, 0) is 34.8 Å². The highest BCUT2D eigenvalue weighted by Gasteiger charge is 2.14. The summed E-state index contributed by atoms with van der Waals surface area (Å²) in [6.07, 6.45) is 3.44. The Kier molecular flexibility index (Phi) is 3.83. The van der Waals surface area contributed by atoms with Crippen LogP contribution in [0.25, 0.3) is 0 Å². The molecule has 0 saturated heterocycles. The zero-order valence-corrected chi connectivity index (χ0v) is 11.6. The highest BCUT2D eigenvalue weighted by atomic mass is 14.2. The lowest BCUT2D eigenvalue weighted by atomic mass is 9.85. The molecule has 16 heavy (non-hydrogen) atoms. The monoisotopic (exact) mass is 217 g/mol. The molecule has 0 aliphatic rings. The summed E-state index contributed by atoms with van der Waals surface area (Å²) in [5, 5.41) is 0. The maximum atomic E-state index is 2.37. The minimum absolute atomic E-state index is 0.256. The van der Waals surface area contributed by atoms with Gasteiger partial charge in [-0.2, -0.15) is 0 Å². The third-order valence-corrected chi connectivity index (χ3v) is 2.77. The first kappa shape index (κ1) is 13.3. The Hall–Kier alpha value is -0.780. The molecule has 0 N–H and O–H groups in total. The van der Waals surface area contributed by atoms with E-state index in [0.717, 1.165) is 6.42 Å². The quantitative estimate of drug-likeness (QED) is 0.669. The second-order valence-electron chi connectivity index (χ2n) is 6.72. The molecule has 0 aliphatic carbocycles. The van der Waals surface area contributed by atoms with Crippen molar-refractivity contribution in [2.75, 3.05) is 0 Å². The lowest BCUT2D eigenvalue weighted by molar-refractivity contribution is 0.483. The van der Waals surface area contributed by atoms with Crippen LogP contribution in [0.15, 0.2) is 24.3 Å². The molecular formula is C16H25. The van der Waals surface area contributed by atoms with E-state index in [1.54, 1.807) is 0 Å². The fraction of sp³-hybridized carbons (Fsp3) is 0.562. The van der Waals surface area contributed by atoms with E-state index in [0.29, 0.717) is 5.41 Å². The average molecular weight is 217 g/mol. The van der Waals surface area contributed by atoms with E-state index in [1.807, 2.05) is 0 Å². The number of rotatable bonds is 2. The highest BCUT2D eigenvalue weighted by Crippen LogP contribution is 2.24. The predicted octanol–water partition coefficient (Wildman–Crippen LogP) is 4.78. The van der Waals surface area contributed by atoms with Crippen molar-refractivity contribution in [3.8, 4) is 0 Å². The van der Waals surface area contributed by atoms with Crippen LogP contribution in [0, 0.1) is 11.8 Å². The first-order chi connectivity index (χ1) is 7.18. The molecule has 0 heteroatoms. The van der Waals surface area contributed by atoms with Gasteiger partial charge in [0.1, 0.15) is 0 Å². The van der Waals surface area contributed by atoms with Crippen molar-refractivity contribution in [1.82, 2.24) is 0 Å². The summed E-state index contributed by atoms with van der Waals surface area (Å²) in [7, 11) is 0. The van der Waals surface area contributed by atoms with E-state index < -0.39 is 0 Å². The van der Waals surface area contributed by atoms with E-state index >= 15 is 0 Å². The normalized spacial score (nSPS) is 12.9. The molecule has 0 spiro atoms. The summed E-state index contributed by atoms with van der Waals surface area (Å²) in [6.45, 7) is 13.5. The first-order valence-electron chi connectivity index (χ1n) is 6.12. The summed E-state index contributed by atoms with van der Waals surface area (Å²) in [4.78, 5) is 0. The topological polar surface area (TPSA) is 0 Å². The minimum Gasteiger partial charge on any atom is -0.0599 e. The van der Waals surface area contributed by atoms with Gasteiger partial charge in [-0.3, -0.25) is 0 Å². The van der Waals surface area contributed by atoms with Crippen LogP contribution < -0.4 is 0 Å². The minimum atomic E-state index is 0.256. The van der Waals surface area contributed by atoms with Gasteiger partial charge in [0.25, 0.3) is 0 Å². The van der Waals surface area contributed by atoms with Crippen molar-refractivity contribution >= 4 is 0 Å². The Labute approximate surface area is 101 Å². The van der Waals surface area contributed by atoms with Gasteiger partial charge in [0.05, 0.1) is 0 Å². The smallest absolute Gasteiger partial charge is 0.0132 e. The van der Waals surface area contributed by atoms with E-state index in [9.17, 15) is 0 Å². The summed E-state index contributed by atoms with van der Waals surface area (Å²) >= 11 is 0. The molecule has 0 atom stereocenters. The number of hydrogen-bond donors (Lipinski definition) is 0. The molecule has 1 aromatic rings. The molecule has 1 aromatic carbocycles. The Balaban J connectivity index is 2.66. The second-order valence-corrected chi connectivity index (χ2v) is 6.72. The van der Waals surface area contributed by atoms with Crippen LogP contribution in [0.4, 0.5) is 0 Å². The number of benzene rings is 1. The summed E-state index contributed by atoms with van der Waals surface area (Å²) in [5.74, 6) is 0. The van der Waals surface area contributed by atoms with Crippen LogP contribution in [-0.2, 0) is 11.8 Å². The van der Waals surface area contributed by atoms with Crippen LogP contribution in [0.1, 0.15) is 52.7 Å². The number of hydrogen-bond acceptors (Lipinski definition) is 0. The molecule has 0 nitrogen and oxygen atoms in total. The van der Waals surface area contributed by atoms with Crippen molar-refractivity contribution in [1.29, 1.82) is 0 Å². The molecule has 0 bridgehead atoms. The fourth-order valence-corrected chi connectivity index (χ4v) is 1.56. The largest absolute Gasteiger partial charge is 0.0599 e. The van der Waals surface area contributed by atoms with Crippen molar-refractivity contribution in [3.05, 3.63) is 41.8 Å². The molecule has 1 radical (unpaired) electrons. The lowest BCUT2D eigenvalue weighted by Crippen LogP contribution is -2.11. The van der Waals surface area contributed by atoms with Crippen molar-refractivity contribution in [2.24, 2.45) is 5.41 Å². The summed E-state index contributed by atoms with van der Waals surface area (Å²) in [6, 6.07) is 9.02. The maximum absolute atomic E-state index is 2.37. The zero-order valence-electron chi connectivity index (χ0n) is 11.6. The summed E-state index contributed by atoms with van der Waals surface area (Å²) < 4.78 is 0. The van der Waals surface area contributed by atoms with Crippen molar-refractivity contribution in [3.63, 3.8) is 0 Å². The van der Waals surface area contributed by atoms with E-state index in [4.69, 9.17) is 0 Å². The van der Waals surface area contributed by atoms with Crippen molar-refractivity contribution < 1.29 is 0 Å². The van der Waals surface area contributed by atoms with Gasteiger partial charge in [-0.1, -0.05) is 65.8 Å². The molecule has 0 saturated carbocycles. The lowest BCUT2D eigenvalue weighted by Gasteiger charge is -2.20. The van der Waals surface area contributed by atoms with Gasteiger partial charge >= 0.3 is 0 Å². The molecule has 0 fully saturated rings. The van der Waals surface area contributed by atoms with Crippen molar-refractivity contribution in [2.45, 2.75) is 53.4 Å². The Morgan fingerprint density at radius 1 is 0.875 bits per heavy atom. The maximum Gasteiger partial charge on any atom is -0.0132 e. The molecule has 89 valence electrons. The molecule has 0 heterocycles. The predicted molar refractivity (Wildman–Crippen MR) is 72.6 cm³/mol. The van der Waals surface area contributed by atoms with Gasteiger partial charge in [-0.15, -0.1) is 0 Å². The summed E-state index contributed by atoms with van der Waals surface area (Å²) in [5.41, 5.74) is 3.38. The third-order valence-electron chi connectivity index (χ3n) is 2.77. The second kappa shape index (κ2) is 4.61. The molecule has 0 aliphatic heterocycles. The Bertz CT molecular complexity index is 317. The molecule has 0 aromatic heterocycles. The van der Waals surface area contributed by atoms with Gasteiger partial charge in [0.2, 0.25) is 0 Å². The standard InChI is InChI=1S/C16H25/c1-15(2,3)12-11-13-7-9-14(10-8-13)16(4,5)6/h7-10,12H,11H2,1-6H3. The van der Waals surface area contributed by atoms with E-state index in [-0.39, 0.29) is 5.41 Å². The van der Waals surface area contributed by atoms with Gasteiger partial charge < -0.3 is 0 Å². The van der Waals surface area contributed by atoms with Crippen LogP contribution in [-0.4, -0.2) is 0 Å². The van der Waals surface area contributed by atoms with E-state index in [1.165, 1.54) is 11.1 Å². The Morgan fingerprint density at radius 3 is 1.75 bits per heavy atom. The first-order valence-corrected chi connectivity index (χ1v) is 6.12. The van der Waals surface area contributed by atoms with Crippen LogP contribution in [0.5, 0.6) is 0 Å². The Morgan fingerprint density at radius 2 is 1.38 bits per heavy atom. The highest BCUT2D eigenvalue weighted by molar-refractivity contribution is 5.28. The fourth-order valence-electron chi connectivity index (χ4n) is 1.56. The van der Waals surface area contributed by atoms with Crippen LogP contribution in [0.3, 0.4) is 0 Å². The molecule has 1 rings (SSSR count). The van der Waals surface area contributed by atoms with Crippen LogP contribution in [0.2, 0.25) is 0 Å². The molecular weight excluding hydrogens is 192 g/mol. The van der Waals surface area contributed by atoms with Gasteiger partial charge in [0.15, 0.2) is 0 Å². The average Bonchev–Trinajstić information content (AvgIpc) is 2.13. The molecule has 0 unspecified atom stereocenters. The van der Waals surface area contributed by atoms with Gasteiger partial charge in [-0.25, -0.2) is 0 Å². The van der Waals surface area contributed by atoms with Crippen LogP contribution >= 0.6 is 0 Å². The SMILES string of the molecule is CC(C)(C)[CH]Cc1ccc(C(C)(C)C)cc1. The van der Waals surface area contributed by atoms with E-state index in [2.05, 4.69) is 72.2 Å². The van der Waals surface area contributed by atoms with Gasteiger partial charge in [0, 0.05) is 0 Å². The third kappa shape index (κ3) is 4.38. The zero-order chi connectivity index (χ0) is 12.4.